The minimum atomic E-state index is 0.504. The minimum Gasteiger partial charge on any atom is -0.381 e. The number of benzene rings is 1. The number of nitrogens with zero attached hydrogens (tertiary/aromatic N) is 1. The number of anilines is 1. The van der Waals surface area contributed by atoms with Crippen LogP contribution in [0.15, 0.2) is 24.3 Å². The van der Waals surface area contributed by atoms with Crippen molar-refractivity contribution in [2.75, 3.05) is 11.9 Å². The van der Waals surface area contributed by atoms with Crippen molar-refractivity contribution in [2.24, 2.45) is 5.92 Å². The molecule has 1 aromatic rings. The molecule has 0 amide bonds. The third-order valence-corrected chi connectivity index (χ3v) is 5.07. The summed E-state index contributed by atoms with van der Waals surface area (Å²) in [6, 6.07) is 11.4. The van der Waals surface area contributed by atoms with Gasteiger partial charge in [0.15, 0.2) is 0 Å². The van der Waals surface area contributed by atoms with Crippen LogP contribution in [0.2, 0.25) is 0 Å². The van der Waals surface area contributed by atoms with Gasteiger partial charge in [-0.25, -0.2) is 0 Å². The van der Waals surface area contributed by atoms with Crippen LogP contribution in [0.3, 0.4) is 0 Å². The lowest BCUT2D eigenvalue weighted by atomic mass is 9.77. The Morgan fingerprint density at radius 1 is 1.05 bits per heavy atom. The summed E-state index contributed by atoms with van der Waals surface area (Å²) in [5.74, 6) is 0.700. The zero-order chi connectivity index (χ0) is 14.5. The topological polar surface area (TPSA) is 47.9 Å². The molecule has 2 aliphatic rings. The molecule has 3 nitrogen and oxygen atoms in total. The monoisotopic (exact) mass is 283 g/mol. The fourth-order valence-electron chi connectivity index (χ4n) is 3.97. The molecule has 3 rings (SSSR count). The van der Waals surface area contributed by atoms with Crippen LogP contribution in [0.5, 0.6) is 0 Å². The molecular weight excluding hydrogens is 258 g/mol. The molecule has 0 radical (unpaired) electrons. The molecule has 1 aliphatic heterocycles. The van der Waals surface area contributed by atoms with E-state index in [1.807, 2.05) is 24.3 Å². The van der Waals surface area contributed by atoms with E-state index in [0.717, 1.165) is 11.3 Å². The quantitative estimate of drug-likeness (QED) is 0.889. The summed E-state index contributed by atoms with van der Waals surface area (Å²) in [6.45, 7) is 1.17. The van der Waals surface area contributed by atoms with Crippen LogP contribution in [0.1, 0.15) is 50.5 Å². The molecule has 1 heterocycles. The normalized spacial score (nSPS) is 29.6. The maximum atomic E-state index is 9.26. The molecule has 3 heteroatoms. The van der Waals surface area contributed by atoms with Crippen molar-refractivity contribution in [3.05, 3.63) is 29.8 Å². The third kappa shape index (κ3) is 3.39. The summed E-state index contributed by atoms with van der Waals surface area (Å²) in [5.41, 5.74) is 1.77. The van der Waals surface area contributed by atoms with Gasteiger partial charge < -0.3 is 10.6 Å². The number of piperidine rings is 1. The molecule has 0 bridgehead atoms. The van der Waals surface area contributed by atoms with E-state index in [-0.39, 0.29) is 0 Å². The fraction of sp³-hybridized carbons (Fsp3) is 0.611. The Kier molecular flexibility index (Phi) is 4.77. The van der Waals surface area contributed by atoms with E-state index in [2.05, 4.69) is 16.7 Å². The Hall–Kier alpha value is -1.53. The van der Waals surface area contributed by atoms with Gasteiger partial charge in [0.1, 0.15) is 6.07 Å². The molecule has 1 aliphatic carbocycles. The van der Waals surface area contributed by atoms with Gasteiger partial charge in [0.2, 0.25) is 0 Å². The Balaban J connectivity index is 1.73. The van der Waals surface area contributed by atoms with Gasteiger partial charge in [-0.3, -0.25) is 0 Å². The van der Waals surface area contributed by atoms with Crippen molar-refractivity contribution in [3.8, 4) is 6.07 Å². The van der Waals surface area contributed by atoms with Crippen molar-refractivity contribution in [3.63, 3.8) is 0 Å². The minimum absolute atomic E-state index is 0.504. The Morgan fingerprint density at radius 3 is 2.67 bits per heavy atom. The van der Waals surface area contributed by atoms with Crippen LogP contribution in [0.4, 0.5) is 5.69 Å². The van der Waals surface area contributed by atoms with Crippen LogP contribution >= 0.6 is 0 Å². The van der Waals surface area contributed by atoms with Gasteiger partial charge in [0.25, 0.3) is 0 Å². The van der Waals surface area contributed by atoms with Gasteiger partial charge in [-0.1, -0.05) is 31.4 Å². The van der Waals surface area contributed by atoms with E-state index in [1.165, 1.54) is 51.5 Å². The molecule has 21 heavy (non-hydrogen) atoms. The highest BCUT2D eigenvalue weighted by atomic mass is 15.0. The van der Waals surface area contributed by atoms with Crippen LogP contribution in [-0.2, 0) is 0 Å². The summed E-state index contributed by atoms with van der Waals surface area (Å²) >= 11 is 0. The molecule has 1 saturated heterocycles. The van der Waals surface area contributed by atoms with Crippen LogP contribution in [0.25, 0.3) is 0 Å². The number of hydrogen-bond acceptors (Lipinski definition) is 3. The van der Waals surface area contributed by atoms with Crippen molar-refractivity contribution < 1.29 is 0 Å². The van der Waals surface area contributed by atoms with Gasteiger partial charge in [-0.2, -0.15) is 5.26 Å². The number of nitriles is 1. The lowest BCUT2D eigenvalue weighted by molar-refractivity contribution is 0.217. The maximum absolute atomic E-state index is 9.26. The van der Waals surface area contributed by atoms with Gasteiger partial charge in [0, 0.05) is 12.1 Å². The van der Waals surface area contributed by atoms with E-state index >= 15 is 0 Å². The summed E-state index contributed by atoms with van der Waals surface area (Å²) < 4.78 is 0. The number of nitrogens with one attached hydrogen (secondary N) is 2. The summed E-state index contributed by atoms with van der Waals surface area (Å²) in [6.07, 6.45) is 9.17. The first kappa shape index (κ1) is 14.4. The second-order valence-electron chi connectivity index (χ2n) is 6.41. The van der Waals surface area contributed by atoms with E-state index in [4.69, 9.17) is 0 Å². The average molecular weight is 283 g/mol. The highest BCUT2D eigenvalue weighted by Crippen LogP contribution is 2.33. The summed E-state index contributed by atoms with van der Waals surface area (Å²) in [7, 11) is 0. The van der Waals surface area contributed by atoms with Crippen molar-refractivity contribution in [1.29, 1.82) is 5.26 Å². The highest BCUT2D eigenvalue weighted by molar-refractivity contribution is 5.57. The number of para-hydroxylation sites is 1. The highest BCUT2D eigenvalue weighted by Gasteiger charge is 2.32. The molecule has 2 N–H and O–H groups in total. The van der Waals surface area contributed by atoms with Gasteiger partial charge in [-0.15, -0.1) is 0 Å². The molecule has 1 saturated carbocycles. The zero-order valence-electron chi connectivity index (χ0n) is 12.6. The second-order valence-corrected chi connectivity index (χ2v) is 6.41. The molecule has 0 spiro atoms. The first-order valence-electron chi connectivity index (χ1n) is 8.37. The van der Waals surface area contributed by atoms with Gasteiger partial charge in [0.05, 0.1) is 11.3 Å². The molecule has 2 fully saturated rings. The number of hydrogen-bond donors (Lipinski definition) is 2. The van der Waals surface area contributed by atoms with Gasteiger partial charge in [-0.05, 0) is 50.3 Å². The first-order valence-corrected chi connectivity index (χ1v) is 8.37. The van der Waals surface area contributed by atoms with E-state index < -0.39 is 0 Å². The third-order valence-electron chi connectivity index (χ3n) is 5.07. The summed E-state index contributed by atoms with van der Waals surface area (Å²) in [4.78, 5) is 0. The molecule has 112 valence electrons. The zero-order valence-corrected chi connectivity index (χ0v) is 12.6. The van der Waals surface area contributed by atoms with Crippen LogP contribution in [-0.4, -0.2) is 18.6 Å². The smallest absolute Gasteiger partial charge is 0.101 e. The van der Waals surface area contributed by atoms with Crippen LogP contribution in [0, 0.1) is 17.2 Å². The van der Waals surface area contributed by atoms with E-state index in [9.17, 15) is 5.26 Å². The molecule has 3 unspecified atom stereocenters. The maximum Gasteiger partial charge on any atom is 0.101 e. The van der Waals surface area contributed by atoms with Crippen molar-refractivity contribution in [2.45, 2.75) is 57.0 Å². The standard InChI is InChI=1S/C18H25N3/c19-13-14-7-1-3-9-16(14)21-18-11-4-2-8-15(18)17-10-5-6-12-20-17/h1,3,7,9,15,17-18,20-21H,2,4-6,8,10-12H2. The summed E-state index contributed by atoms with van der Waals surface area (Å²) in [5, 5.41) is 16.7. The largest absolute Gasteiger partial charge is 0.381 e. The van der Waals surface area contributed by atoms with E-state index in [1.54, 1.807) is 0 Å². The second kappa shape index (κ2) is 6.95. The Bertz CT molecular complexity index is 499. The fourth-order valence-corrected chi connectivity index (χ4v) is 3.97. The van der Waals surface area contributed by atoms with Crippen molar-refractivity contribution in [1.82, 2.24) is 5.32 Å². The Labute approximate surface area is 127 Å². The lowest BCUT2D eigenvalue weighted by Gasteiger charge is -2.40. The number of rotatable bonds is 3. The first-order chi connectivity index (χ1) is 10.4. The van der Waals surface area contributed by atoms with Crippen molar-refractivity contribution >= 4 is 5.69 Å². The average Bonchev–Trinajstić information content (AvgIpc) is 2.57. The Morgan fingerprint density at radius 2 is 1.86 bits per heavy atom. The molecule has 3 atom stereocenters. The molecular formula is C18H25N3. The SMILES string of the molecule is N#Cc1ccccc1NC1CCCCC1C1CCCCN1. The molecule has 1 aromatic carbocycles. The van der Waals surface area contributed by atoms with Gasteiger partial charge >= 0.3 is 0 Å². The molecule has 0 aromatic heterocycles. The predicted octanol–water partition coefficient (Wildman–Crippen LogP) is 3.67. The van der Waals surface area contributed by atoms with E-state index in [0.29, 0.717) is 18.0 Å². The lowest BCUT2D eigenvalue weighted by Crippen LogP contribution is -2.48. The predicted molar refractivity (Wildman–Crippen MR) is 86.2 cm³/mol. The van der Waals surface area contributed by atoms with Crippen LogP contribution < -0.4 is 10.6 Å².